The Morgan fingerprint density at radius 2 is 1.74 bits per heavy atom. The van der Waals surface area contributed by atoms with E-state index in [0.29, 0.717) is 18.2 Å². The van der Waals surface area contributed by atoms with Crippen molar-refractivity contribution in [2.75, 3.05) is 36.1 Å². The van der Waals surface area contributed by atoms with Gasteiger partial charge in [0.1, 0.15) is 0 Å². The molecule has 0 aromatic heterocycles. The second-order valence-electron chi connectivity index (χ2n) is 9.66. The highest BCUT2D eigenvalue weighted by molar-refractivity contribution is 6.10. The third-order valence-corrected chi connectivity index (χ3v) is 7.15. The molecule has 1 aliphatic carbocycles. The number of hydrogen-bond donors (Lipinski definition) is 1. The van der Waals surface area contributed by atoms with E-state index in [-0.39, 0.29) is 11.8 Å². The van der Waals surface area contributed by atoms with E-state index >= 15 is 0 Å². The van der Waals surface area contributed by atoms with Gasteiger partial charge in [0.25, 0.3) is 11.8 Å². The summed E-state index contributed by atoms with van der Waals surface area (Å²) in [7, 11) is 0. The topological polar surface area (TPSA) is 61.9 Å². The zero-order chi connectivity index (χ0) is 23.9. The third-order valence-electron chi connectivity index (χ3n) is 7.15. The van der Waals surface area contributed by atoms with Crippen LogP contribution in [0, 0.1) is 6.92 Å². The molecule has 0 atom stereocenters. The number of anilines is 2. The van der Waals surface area contributed by atoms with Crippen molar-refractivity contribution in [2.45, 2.75) is 32.4 Å². The zero-order valence-electron chi connectivity index (χ0n) is 19.9. The normalized spacial score (nSPS) is 17.5. The van der Waals surface area contributed by atoms with Crippen LogP contribution in [-0.2, 0) is 11.3 Å². The van der Waals surface area contributed by atoms with Crippen LogP contribution in [0.15, 0.2) is 60.7 Å². The summed E-state index contributed by atoms with van der Waals surface area (Å²) in [6, 6.07) is 20.4. The fraction of sp³-hybridized carbons (Fsp3) is 0.310. The SMILES string of the molecule is Cc1ccc(C(=O)NC2CC2)cc1-c1ccc2c(c1)CN(c1cccc(N3CCOCC3)c1)C2=O. The van der Waals surface area contributed by atoms with Crippen molar-refractivity contribution in [3.8, 4) is 11.1 Å². The van der Waals surface area contributed by atoms with Crippen LogP contribution in [0.1, 0.15) is 44.7 Å². The fourth-order valence-electron chi connectivity index (χ4n) is 4.95. The van der Waals surface area contributed by atoms with E-state index in [1.807, 2.05) is 47.4 Å². The lowest BCUT2D eigenvalue weighted by molar-refractivity contribution is 0.0949. The molecule has 6 rings (SSSR count). The molecule has 0 spiro atoms. The Balaban J connectivity index is 1.27. The van der Waals surface area contributed by atoms with E-state index in [4.69, 9.17) is 4.74 Å². The van der Waals surface area contributed by atoms with Gasteiger partial charge in [0.2, 0.25) is 0 Å². The van der Waals surface area contributed by atoms with Gasteiger partial charge in [0.15, 0.2) is 0 Å². The first kappa shape index (κ1) is 21.9. The molecule has 1 N–H and O–H groups in total. The van der Waals surface area contributed by atoms with Gasteiger partial charge in [-0.1, -0.05) is 18.2 Å². The molecule has 2 heterocycles. The molecule has 0 unspecified atom stereocenters. The van der Waals surface area contributed by atoms with Crippen LogP contribution in [0.3, 0.4) is 0 Å². The number of hydrogen-bond acceptors (Lipinski definition) is 4. The number of amides is 2. The summed E-state index contributed by atoms with van der Waals surface area (Å²) in [6.07, 6.45) is 2.13. The van der Waals surface area contributed by atoms with Crippen LogP contribution >= 0.6 is 0 Å². The highest BCUT2D eigenvalue weighted by Gasteiger charge is 2.29. The Morgan fingerprint density at radius 1 is 0.943 bits per heavy atom. The van der Waals surface area contributed by atoms with Crippen molar-refractivity contribution in [1.29, 1.82) is 0 Å². The lowest BCUT2D eigenvalue weighted by Gasteiger charge is -2.29. The highest BCUT2D eigenvalue weighted by atomic mass is 16.5. The summed E-state index contributed by atoms with van der Waals surface area (Å²) < 4.78 is 5.48. The molecule has 0 bridgehead atoms. The number of morpholine rings is 1. The number of fused-ring (bicyclic) bond motifs is 1. The highest BCUT2D eigenvalue weighted by Crippen LogP contribution is 2.34. The molecule has 35 heavy (non-hydrogen) atoms. The van der Waals surface area contributed by atoms with E-state index < -0.39 is 0 Å². The van der Waals surface area contributed by atoms with Gasteiger partial charge in [0.05, 0.1) is 19.8 Å². The van der Waals surface area contributed by atoms with Gasteiger partial charge >= 0.3 is 0 Å². The van der Waals surface area contributed by atoms with Crippen LogP contribution in [0.25, 0.3) is 11.1 Å². The molecule has 1 saturated heterocycles. The lowest BCUT2D eigenvalue weighted by Crippen LogP contribution is -2.36. The standard InChI is InChI=1S/C29H29N3O3/c1-19-5-6-21(28(33)30-23-8-9-23)16-27(19)20-7-10-26-22(15-20)18-32(29(26)34)25-4-2-3-24(17-25)31-11-13-35-14-12-31/h2-7,10,15-17,23H,8-9,11-14,18H2,1H3,(H,30,33). The molecule has 2 fully saturated rings. The molecule has 1 saturated carbocycles. The molecule has 3 aromatic carbocycles. The zero-order valence-corrected chi connectivity index (χ0v) is 19.9. The summed E-state index contributed by atoms with van der Waals surface area (Å²) >= 11 is 0. The largest absolute Gasteiger partial charge is 0.378 e. The first-order valence-corrected chi connectivity index (χ1v) is 12.4. The number of nitrogens with one attached hydrogen (secondary N) is 1. The molecule has 6 heteroatoms. The van der Waals surface area contributed by atoms with Crippen molar-refractivity contribution in [2.24, 2.45) is 0 Å². The van der Waals surface area contributed by atoms with E-state index in [2.05, 4.69) is 35.3 Å². The van der Waals surface area contributed by atoms with Gasteiger partial charge < -0.3 is 19.9 Å². The Morgan fingerprint density at radius 3 is 2.54 bits per heavy atom. The van der Waals surface area contributed by atoms with Crippen LogP contribution in [-0.4, -0.2) is 44.2 Å². The minimum Gasteiger partial charge on any atom is -0.378 e. The van der Waals surface area contributed by atoms with Crippen LogP contribution in [0.2, 0.25) is 0 Å². The average molecular weight is 468 g/mol. The number of aryl methyl sites for hydroxylation is 1. The second-order valence-corrected chi connectivity index (χ2v) is 9.66. The molecule has 3 aliphatic rings. The minimum absolute atomic E-state index is 0.0172. The van der Waals surface area contributed by atoms with E-state index in [1.165, 1.54) is 0 Å². The van der Waals surface area contributed by atoms with Crippen molar-refractivity contribution < 1.29 is 14.3 Å². The van der Waals surface area contributed by atoms with Crippen LogP contribution in [0.5, 0.6) is 0 Å². The van der Waals surface area contributed by atoms with Crippen LogP contribution in [0.4, 0.5) is 11.4 Å². The maximum Gasteiger partial charge on any atom is 0.258 e. The number of carbonyl (C=O) groups excluding carboxylic acids is 2. The number of ether oxygens (including phenoxy) is 1. The van der Waals surface area contributed by atoms with Gasteiger partial charge in [-0.3, -0.25) is 9.59 Å². The summed E-state index contributed by atoms with van der Waals surface area (Å²) in [4.78, 5) is 30.0. The third kappa shape index (κ3) is 4.30. The van der Waals surface area contributed by atoms with Gasteiger partial charge in [-0.05, 0) is 84.5 Å². The Bertz CT molecular complexity index is 1310. The first-order chi connectivity index (χ1) is 17.1. The van der Waals surface area contributed by atoms with Crippen molar-refractivity contribution >= 4 is 23.2 Å². The monoisotopic (exact) mass is 467 g/mol. The molecule has 6 nitrogen and oxygen atoms in total. The first-order valence-electron chi connectivity index (χ1n) is 12.4. The van der Waals surface area contributed by atoms with Crippen molar-refractivity contribution in [1.82, 2.24) is 5.32 Å². The predicted molar refractivity (Wildman–Crippen MR) is 137 cm³/mol. The quantitative estimate of drug-likeness (QED) is 0.598. The van der Waals surface area contributed by atoms with E-state index in [1.54, 1.807) is 0 Å². The number of rotatable bonds is 5. The Hall–Kier alpha value is -3.64. The maximum atomic E-state index is 13.3. The van der Waals surface area contributed by atoms with Gasteiger partial charge in [0, 0.05) is 41.6 Å². The van der Waals surface area contributed by atoms with E-state index in [0.717, 1.165) is 78.3 Å². The van der Waals surface area contributed by atoms with Crippen LogP contribution < -0.4 is 15.1 Å². The Labute approximate surface area is 205 Å². The van der Waals surface area contributed by atoms with Crippen molar-refractivity contribution in [3.63, 3.8) is 0 Å². The summed E-state index contributed by atoms with van der Waals surface area (Å²) in [6.45, 7) is 5.76. The molecule has 3 aromatic rings. The molecule has 2 aliphatic heterocycles. The number of benzene rings is 3. The average Bonchev–Trinajstić information content (AvgIpc) is 3.65. The van der Waals surface area contributed by atoms with E-state index in [9.17, 15) is 9.59 Å². The second kappa shape index (κ2) is 8.86. The van der Waals surface area contributed by atoms with Gasteiger partial charge in [-0.15, -0.1) is 0 Å². The van der Waals surface area contributed by atoms with Gasteiger partial charge in [-0.25, -0.2) is 0 Å². The maximum absolute atomic E-state index is 13.3. The molecule has 178 valence electrons. The molecular formula is C29H29N3O3. The number of carbonyl (C=O) groups is 2. The molecular weight excluding hydrogens is 438 g/mol. The smallest absolute Gasteiger partial charge is 0.258 e. The number of nitrogens with zero attached hydrogens (tertiary/aromatic N) is 2. The van der Waals surface area contributed by atoms with Gasteiger partial charge in [-0.2, -0.15) is 0 Å². The molecule has 0 radical (unpaired) electrons. The molecule has 2 amide bonds. The predicted octanol–water partition coefficient (Wildman–Crippen LogP) is 4.55. The Kier molecular flexibility index (Phi) is 5.53. The minimum atomic E-state index is -0.0172. The van der Waals surface area contributed by atoms with Crippen molar-refractivity contribution in [3.05, 3.63) is 82.9 Å². The summed E-state index contributed by atoms with van der Waals surface area (Å²) in [5.41, 5.74) is 7.61. The summed E-state index contributed by atoms with van der Waals surface area (Å²) in [5, 5.41) is 3.07. The fourth-order valence-corrected chi connectivity index (χ4v) is 4.95. The lowest BCUT2D eigenvalue weighted by atomic mass is 9.95. The summed E-state index contributed by atoms with van der Waals surface area (Å²) in [5.74, 6) is 0.0105.